The summed E-state index contributed by atoms with van der Waals surface area (Å²) in [6.45, 7) is 1.28. The van der Waals surface area contributed by atoms with Crippen molar-refractivity contribution in [1.29, 1.82) is 0 Å². The Bertz CT molecular complexity index is 557. The molecule has 0 aromatic heterocycles. The minimum atomic E-state index is -0.0317. The summed E-state index contributed by atoms with van der Waals surface area (Å²) in [6, 6.07) is 15.7. The van der Waals surface area contributed by atoms with Crippen molar-refractivity contribution >= 4 is 11.6 Å². The smallest absolute Gasteiger partial charge is 0.118 e. The molecular formula is C17H20ClNO2. The molecule has 0 aliphatic carbocycles. The van der Waals surface area contributed by atoms with E-state index in [9.17, 15) is 0 Å². The van der Waals surface area contributed by atoms with Gasteiger partial charge < -0.3 is 14.8 Å². The maximum Gasteiger partial charge on any atom is 0.118 e. The Labute approximate surface area is 130 Å². The summed E-state index contributed by atoms with van der Waals surface area (Å²) in [5, 5.41) is 3.88. The van der Waals surface area contributed by atoms with Gasteiger partial charge >= 0.3 is 0 Å². The van der Waals surface area contributed by atoms with E-state index in [4.69, 9.17) is 21.1 Å². The Morgan fingerprint density at radius 1 is 1.14 bits per heavy atom. The quantitative estimate of drug-likeness (QED) is 0.843. The average molecular weight is 306 g/mol. The maximum absolute atomic E-state index is 6.05. The van der Waals surface area contributed by atoms with Gasteiger partial charge in [0.15, 0.2) is 0 Å². The fourth-order valence-corrected chi connectivity index (χ4v) is 2.28. The molecule has 4 heteroatoms. The van der Waals surface area contributed by atoms with E-state index in [1.165, 1.54) is 0 Å². The molecule has 1 N–H and O–H groups in total. The van der Waals surface area contributed by atoms with Crippen molar-refractivity contribution in [2.75, 3.05) is 20.7 Å². The van der Waals surface area contributed by atoms with E-state index in [0.29, 0.717) is 6.61 Å². The van der Waals surface area contributed by atoms with Gasteiger partial charge in [0.1, 0.15) is 5.75 Å². The average Bonchev–Trinajstić information content (AvgIpc) is 2.52. The highest BCUT2D eigenvalue weighted by Gasteiger charge is 2.11. The molecule has 0 fully saturated rings. The van der Waals surface area contributed by atoms with Crippen LogP contribution in [0.3, 0.4) is 0 Å². The number of hydrogen-bond donors (Lipinski definition) is 1. The minimum Gasteiger partial charge on any atom is -0.497 e. The van der Waals surface area contributed by atoms with Crippen LogP contribution in [0.15, 0.2) is 48.5 Å². The fourth-order valence-electron chi connectivity index (χ4n) is 2.08. The van der Waals surface area contributed by atoms with E-state index in [0.717, 1.165) is 28.4 Å². The molecule has 1 unspecified atom stereocenters. The number of ether oxygens (including phenoxy) is 2. The third-order valence-electron chi connectivity index (χ3n) is 3.22. The van der Waals surface area contributed by atoms with Gasteiger partial charge in [0.25, 0.3) is 0 Å². The SMILES string of the molecule is CNCC(OCc1ccc(OC)cc1)c1cccc(Cl)c1. The van der Waals surface area contributed by atoms with Gasteiger partial charge in [0.2, 0.25) is 0 Å². The number of rotatable bonds is 7. The second-order valence-corrected chi connectivity index (χ2v) is 5.20. The van der Waals surface area contributed by atoms with Crippen LogP contribution in [-0.2, 0) is 11.3 Å². The van der Waals surface area contributed by atoms with Gasteiger partial charge in [0, 0.05) is 11.6 Å². The van der Waals surface area contributed by atoms with Crippen LogP contribution in [0.5, 0.6) is 5.75 Å². The highest BCUT2D eigenvalue weighted by Crippen LogP contribution is 2.22. The van der Waals surface area contributed by atoms with Crippen LogP contribution in [-0.4, -0.2) is 20.7 Å². The first kappa shape index (κ1) is 15.8. The van der Waals surface area contributed by atoms with Crippen molar-refractivity contribution in [3.8, 4) is 5.75 Å². The number of likely N-dealkylation sites (N-methyl/N-ethyl adjacent to an activating group) is 1. The second-order valence-electron chi connectivity index (χ2n) is 4.76. The molecule has 1 atom stereocenters. The van der Waals surface area contributed by atoms with Crippen molar-refractivity contribution in [2.45, 2.75) is 12.7 Å². The van der Waals surface area contributed by atoms with E-state index in [1.54, 1.807) is 7.11 Å². The Hall–Kier alpha value is -1.55. The lowest BCUT2D eigenvalue weighted by molar-refractivity contribution is 0.0410. The van der Waals surface area contributed by atoms with Crippen molar-refractivity contribution in [2.24, 2.45) is 0 Å². The Balaban J connectivity index is 2.02. The summed E-state index contributed by atoms with van der Waals surface area (Å²) in [5.41, 5.74) is 2.18. The zero-order valence-electron chi connectivity index (χ0n) is 12.3. The zero-order chi connectivity index (χ0) is 15.1. The van der Waals surface area contributed by atoms with Gasteiger partial charge in [-0.2, -0.15) is 0 Å². The van der Waals surface area contributed by atoms with Crippen molar-refractivity contribution in [3.63, 3.8) is 0 Å². The standard InChI is InChI=1S/C17H20ClNO2/c1-19-11-17(14-4-3-5-15(18)10-14)21-12-13-6-8-16(20-2)9-7-13/h3-10,17,19H,11-12H2,1-2H3. The normalized spacial score (nSPS) is 12.1. The first-order valence-corrected chi connectivity index (χ1v) is 7.25. The van der Waals surface area contributed by atoms with Gasteiger partial charge in [-0.15, -0.1) is 0 Å². The molecule has 112 valence electrons. The Morgan fingerprint density at radius 3 is 2.52 bits per heavy atom. The van der Waals surface area contributed by atoms with Gasteiger partial charge in [-0.05, 0) is 42.4 Å². The molecule has 0 spiro atoms. The molecule has 0 radical (unpaired) electrons. The van der Waals surface area contributed by atoms with Crippen LogP contribution in [0.1, 0.15) is 17.2 Å². The third-order valence-corrected chi connectivity index (χ3v) is 3.46. The molecule has 0 bridgehead atoms. The lowest BCUT2D eigenvalue weighted by Crippen LogP contribution is -2.19. The van der Waals surface area contributed by atoms with Gasteiger partial charge in [0.05, 0.1) is 19.8 Å². The molecule has 2 aromatic carbocycles. The molecule has 0 saturated heterocycles. The lowest BCUT2D eigenvalue weighted by atomic mass is 10.1. The number of benzene rings is 2. The first-order valence-electron chi connectivity index (χ1n) is 6.87. The van der Waals surface area contributed by atoms with E-state index in [-0.39, 0.29) is 6.10 Å². The van der Waals surface area contributed by atoms with Crippen LogP contribution in [0.25, 0.3) is 0 Å². The molecular weight excluding hydrogens is 286 g/mol. The Kier molecular flexibility index (Phi) is 6.05. The molecule has 0 heterocycles. The van der Waals surface area contributed by atoms with Crippen LogP contribution in [0.2, 0.25) is 5.02 Å². The summed E-state index contributed by atoms with van der Waals surface area (Å²) in [7, 11) is 3.57. The predicted molar refractivity (Wildman–Crippen MR) is 85.9 cm³/mol. The largest absolute Gasteiger partial charge is 0.497 e. The minimum absolute atomic E-state index is 0.0317. The number of hydrogen-bond acceptors (Lipinski definition) is 3. The van der Waals surface area contributed by atoms with Crippen LogP contribution >= 0.6 is 11.6 Å². The van der Waals surface area contributed by atoms with Gasteiger partial charge in [-0.25, -0.2) is 0 Å². The van der Waals surface area contributed by atoms with E-state index in [1.807, 2.05) is 55.6 Å². The summed E-state index contributed by atoms with van der Waals surface area (Å²) in [5.74, 6) is 0.848. The lowest BCUT2D eigenvalue weighted by Gasteiger charge is -2.18. The first-order chi connectivity index (χ1) is 10.2. The summed E-state index contributed by atoms with van der Waals surface area (Å²) in [6.07, 6.45) is -0.0317. The molecule has 0 aliphatic heterocycles. The molecule has 0 saturated carbocycles. The number of halogens is 1. The molecule has 3 nitrogen and oxygen atoms in total. The zero-order valence-corrected chi connectivity index (χ0v) is 13.1. The van der Waals surface area contributed by atoms with Crippen LogP contribution < -0.4 is 10.1 Å². The van der Waals surface area contributed by atoms with Crippen molar-refractivity contribution in [1.82, 2.24) is 5.32 Å². The van der Waals surface area contributed by atoms with Crippen LogP contribution in [0, 0.1) is 0 Å². The summed E-state index contributed by atoms with van der Waals surface area (Å²) >= 11 is 6.05. The topological polar surface area (TPSA) is 30.5 Å². The second kappa shape index (κ2) is 8.03. The Morgan fingerprint density at radius 2 is 1.90 bits per heavy atom. The van der Waals surface area contributed by atoms with Crippen LogP contribution in [0.4, 0.5) is 0 Å². The van der Waals surface area contributed by atoms with Crippen molar-refractivity contribution in [3.05, 3.63) is 64.7 Å². The highest BCUT2D eigenvalue weighted by atomic mass is 35.5. The van der Waals surface area contributed by atoms with Crippen molar-refractivity contribution < 1.29 is 9.47 Å². The molecule has 0 aliphatic rings. The molecule has 2 rings (SSSR count). The summed E-state index contributed by atoms with van der Waals surface area (Å²) < 4.78 is 11.2. The molecule has 2 aromatic rings. The highest BCUT2D eigenvalue weighted by molar-refractivity contribution is 6.30. The number of nitrogens with one attached hydrogen (secondary N) is 1. The monoisotopic (exact) mass is 305 g/mol. The molecule has 0 amide bonds. The van der Waals surface area contributed by atoms with Gasteiger partial charge in [-0.3, -0.25) is 0 Å². The summed E-state index contributed by atoms with van der Waals surface area (Å²) in [4.78, 5) is 0. The van der Waals surface area contributed by atoms with E-state index >= 15 is 0 Å². The van der Waals surface area contributed by atoms with E-state index in [2.05, 4.69) is 5.32 Å². The third kappa shape index (κ3) is 4.74. The molecule has 21 heavy (non-hydrogen) atoms. The number of methoxy groups -OCH3 is 1. The van der Waals surface area contributed by atoms with Gasteiger partial charge in [-0.1, -0.05) is 35.9 Å². The fraction of sp³-hybridized carbons (Fsp3) is 0.294. The maximum atomic E-state index is 6.05. The van der Waals surface area contributed by atoms with E-state index < -0.39 is 0 Å². The predicted octanol–water partition coefficient (Wildman–Crippen LogP) is 3.83.